The highest BCUT2D eigenvalue weighted by Crippen LogP contribution is 2.61. The Morgan fingerprint density at radius 3 is 2.43 bits per heavy atom. The van der Waals surface area contributed by atoms with Crippen LogP contribution in [-0.2, 0) is 45.9 Å². The number of fused-ring (bicyclic) bond motifs is 1. The normalized spacial score (nSPS) is 22.9. The number of thiol groups is 1. The van der Waals surface area contributed by atoms with E-state index in [2.05, 4.69) is 34.4 Å². The van der Waals surface area contributed by atoms with Crippen molar-refractivity contribution in [1.29, 1.82) is 1.12 Å². The number of nitrogens with zero attached hydrogens (tertiary/aromatic N) is 4. The molecule has 2 amide bonds. The summed E-state index contributed by atoms with van der Waals surface area (Å²) < 4.78 is 68.9. The maximum absolute atomic E-state index is 12.7. The van der Waals surface area contributed by atoms with E-state index in [0.29, 0.717) is 5.75 Å². The summed E-state index contributed by atoms with van der Waals surface area (Å²) in [5.74, 6) is -2.30. The Morgan fingerprint density at radius 1 is 1.14 bits per heavy atom. The number of Topliss-reactive ketones (excluding diaryl/α,β-unsaturated/α-hetero) is 1. The second kappa shape index (κ2) is 17.1. The number of hydrogen-bond donors (Lipinski definition) is 10. The van der Waals surface area contributed by atoms with Crippen LogP contribution < -0.4 is 16.4 Å². The minimum atomic E-state index is -5.63. The average molecular weight is 811 g/mol. The van der Waals surface area contributed by atoms with Gasteiger partial charge in [-0.05, 0) is 0 Å². The summed E-state index contributed by atoms with van der Waals surface area (Å²) in [6.45, 7) is 1.51. The molecule has 0 radical (unpaired) electrons. The Morgan fingerprint density at radius 2 is 1.80 bits per heavy atom. The van der Waals surface area contributed by atoms with E-state index < -0.39 is 90.3 Å². The van der Waals surface area contributed by atoms with Crippen LogP contribution in [0.3, 0.4) is 0 Å². The molecule has 28 heteroatoms. The van der Waals surface area contributed by atoms with E-state index in [9.17, 15) is 57.9 Å². The number of rotatable bonds is 20. The third-order valence-corrected chi connectivity index (χ3v) is 10.2. The first-order chi connectivity index (χ1) is 24.0. The quantitative estimate of drug-likeness (QED) is 0.0316. The number of aliphatic hydroxyl groups excluding tert-OH is 2. The predicted octanol–water partition coefficient (Wildman–Crippen LogP) is -1.46. The van der Waals surface area contributed by atoms with Crippen LogP contribution in [0.25, 0.3) is 11.2 Å². The van der Waals surface area contributed by atoms with E-state index in [4.69, 9.17) is 20.6 Å². The summed E-state index contributed by atoms with van der Waals surface area (Å²) in [6.07, 6.45) is -8.70. The van der Waals surface area contributed by atoms with E-state index >= 15 is 0 Å². The molecule has 51 heavy (non-hydrogen) atoms. The second-order valence-electron chi connectivity index (χ2n) is 11.5. The fourth-order valence-electron chi connectivity index (χ4n) is 4.47. The summed E-state index contributed by atoms with van der Waals surface area (Å²) >= 11 is 0.777. The minimum Gasteiger partial charge on any atom is -0.386 e. The molecule has 2 aromatic rings. The van der Waals surface area contributed by atoms with Crippen molar-refractivity contribution in [2.75, 3.05) is 37.8 Å². The monoisotopic (exact) mass is 810 g/mol. The molecule has 0 aliphatic carbocycles. The van der Waals surface area contributed by atoms with Crippen molar-refractivity contribution in [3.8, 4) is 0 Å². The highest BCUT2D eigenvalue weighted by Gasteiger charge is 2.51. The number of nitrogen functional groups attached to an aromatic ring is 1. The number of carbonyl (C=O) groups is 3. The lowest BCUT2D eigenvalue weighted by molar-refractivity contribution is -0.137. The number of carbonyl (C=O) groups excluding carboxylic acids is 3. The Hall–Kier alpha value is -2.44. The topological polar surface area (TPSA) is 364 Å². The number of aromatic nitrogens is 4. The number of hydrogen-bond acceptors (Lipinski definition) is 18. The van der Waals surface area contributed by atoms with Gasteiger partial charge in [0.05, 0.1) is 13.2 Å². The molecule has 0 bridgehead atoms. The summed E-state index contributed by atoms with van der Waals surface area (Å²) in [7, 11) is -16.6. The van der Waals surface area contributed by atoms with Gasteiger partial charge >= 0.3 is 23.5 Å². The Balaban J connectivity index is 1.66. The van der Waals surface area contributed by atoms with Gasteiger partial charge in [-0.3, -0.25) is 32.5 Å². The molecule has 2 unspecified atom stereocenters. The van der Waals surface area contributed by atoms with Gasteiger partial charge in [0.1, 0.15) is 31.9 Å². The number of anilines is 1. The van der Waals surface area contributed by atoms with Crippen molar-refractivity contribution < 1.29 is 80.5 Å². The number of nitrogens with one attached hydrogen (secondary N) is 2. The van der Waals surface area contributed by atoms with E-state index in [1.807, 2.05) is 0 Å². The zero-order valence-electron chi connectivity index (χ0n) is 28.0. The molecule has 3 heterocycles. The smallest absolute Gasteiger partial charge is 0.386 e. The van der Waals surface area contributed by atoms with Crippen molar-refractivity contribution >= 4 is 70.6 Å². The number of ketones is 1. The van der Waals surface area contributed by atoms with Crippen molar-refractivity contribution in [1.82, 2.24) is 30.2 Å². The standard InChI is InChI=1S/C23H38N7O17P3S/c1-11(31)19-29-14-18(24)27-10-28-20(14)30(19)22-15(33)16(46-48(36,37)38)12(45-22)8-43-49(39,40)47-50(41,42)44-9-23(2,3)17(34)21(35)26-5-4-13(32)25-6-7-51/h10,12,15-17,22,33-34,51H,4-9H2,1-3H3,(H,25,32)(H,26,35)(H,39,40)(H,41,42)(H2,24,27,28)(H2,36,37,38)/t12-,15-,16-,17+,22-/m1/s1/i/hD. The number of aliphatic hydroxyl groups is 2. The first-order valence-electron chi connectivity index (χ1n) is 14.9. The van der Waals surface area contributed by atoms with Crippen LogP contribution in [0.5, 0.6) is 0 Å². The van der Waals surface area contributed by atoms with Crippen LogP contribution in [0, 0.1) is 5.41 Å². The van der Waals surface area contributed by atoms with Crippen molar-refractivity contribution in [2.45, 2.75) is 57.8 Å². The lowest BCUT2D eigenvalue weighted by atomic mass is 9.87. The molecule has 1 fully saturated rings. The highest BCUT2D eigenvalue weighted by atomic mass is 32.1. The number of ether oxygens (including phenoxy) is 1. The van der Waals surface area contributed by atoms with Gasteiger partial charge in [0.25, 0.3) is 0 Å². The lowest BCUT2D eigenvalue weighted by Crippen LogP contribution is -2.46. The molecule has 1 aliphatic rings. The fourth-order valence-corrected chi connectivity index (χ4v) is 7.40. The third-order valence-electron chi connectivity index (χ3n) is 6.92. The van der Waals surface area contributed by atoms with E-state index in [-0.39, 0.29) is 42.3 Å². The molecule has 1 aliphatic heterocycles. The number of imidazole rings is 1. The van der Waals surface area contributed by atoms with Gasteiger partial charge in [0.2, 0.25) is 11.8 Å². The van der Waals surface area contributed by atoms with Crippen molar-refractivity contribution in [3.63, 3.8) is 0 Å². The molecular formula is C23H38N7O17P3S. The number of phosphoric ester groups is 3. The van der Waals surface area contributed by atoms with Crippen LogP contribution >= 0.6 is 36.0 Å². The van der Waals surface area contributed by atoms with Gasteiger partial charge in [-0.1, -0.05) is 13.8 Å². The second-order valence-corrected chi connectivity index (χ2v) is 16.1. The number of amides is 2. The van der Waals surface area contributed by atoms with Gasteiger partial charge in [-0.25, -0.2) is 28.6 Å². The Kier molecular flexibility index (Phi) is 13.9. The first-order valence-corrected chi connectivity index (χ1v) is 19.6. The van der Waals surface area contributed by atoms with Crippen molar-refractivity contribution in [2.24, 2.45) is 5.41 Å². The Bertz CT molecular complexity index is 1770. The van der Waals surface area contributed by atoms with Gasteiger partial charge in [0.15, 0.2) is 34.8 Å². The summed E-state index contributed by atoms with van der Waals surface area (Å²) in [5, 5.41) is 26.3. The third kappa shape index (κ3) is 11.8. The molecule has 3 rings (SSSR count). The lowest BCUT2D eigenvalue weighted by Gasteiger charge is -2.30. The first kappa shape index (κ1) is 41.3. The minimum absolute atomic E-state index is 0.102. The van der Waals surface area contributed by atoms with E-state index in [0.717, 1.165) is 30.4 Å². The molecule has 7 atom stereocenters. The van der Waals surface area contributed by atoms with Gasteiger partial charge in [-0.2, -0.15) is 16.8 Å². The number of phosphoric acid groups is 3. The van der Waals surface area contributed by atoms with Gasteiger partial charge in [-0.15, -0.1) is 0 Å². The maximum atomic E-state index is 12.7. The molecule has 1 saturated heterocycles. The molecule has 2 aromatic heterocycles. The van der Waals surface area contributed by atoms with Gasteiger partial charge < -0.3 is 50.9 Å². The van der Waals surface area contributed by atoms with Crippen LogP contribution in [0.15, 0.2) is 6.33 Å². The maximum Gasteiger partial charge on any atom is 0.481 e. The zero-order valence-corrected chi connectivity index (χ0v) is 30.5. The molecule has 0 saturated carbocycles. The molecule has 288 valence electrons. The van der Waals surface area contributed by atoms with Crippen LogP contribution in [0.4, 0.5) is 5.82 Å². The SMILES string of the molecule is [2H]SCCNC(=O)CCNC(=O)[C@H](O)C(C)(C)COP(=O)(O)OP(=O)(O)OC[C@H]1O[C@@H](n2c(C(C)=O)nc3c(N)ncnc32)[C@H](O)[C@@H]1OP(=O)(O)O. The molecule has 0 spiro atoms. The van der Waals surface area contributed by atoms with Gasteiger partial charge in [0, 0.05) is 37.6 Å². The van der Waals surface area contributed by atoms with Crippen LogP contribution in [0.1, 0.15) is 44.0 Å². The van der Waals surface area contributed by atoms with E-state index in [1.54, 1.807) is 0 Å². The largest absolute Gasteiger partial charge is 0.481 e. The fraction of sp³-hybridized carbons (Fsp3) is 0.652. The summed E-state index contributed by atoms with van der Waals surface area (Å²) in [6, 6.07) is 0. The van der Waals surface area contributed by atoms with Crippen LogP contribution in [0.2, 0.25) is 0 Å². The van der Waals surface area contributed by atoms with Crippen LogP contribution in [-0.4, -0.2) is 124 Å². The predicted molar refractivity (Wildman–Crippen MR) is 173 cm³/mol. The molecule has 0 aromatic carbocycles. The Labute approximate surface area is 295 Å². The molecule has 24 nitrogen and oxygen atoms in total. The van der Waals surface area contributed by atoms with E-state index in [1.165, 1.54) is 13.8 Å². The van der Waals surface area contributed by atoms with Crippen molar-refractivity contribution in [3.05, 3.63) is 12.2 Å². The average Bonchev–Trinajstić information content (AvgIpc) is 3.56. The molecular weight excluding hydrogens is 771 g/mol. The summed E-state index contributed by atoms with van der Waals surface area (Å²) in [4.78, 5) is 87.5. The number of nitrogens with two attached hydrogens (primary N) is 1. The summed E-state index contributed by atoms with van der Waals surface area (Å²) in [5.41, 5.74) is 3.93. The zero-order chi connectivity index (χ0) is 39.2. The molecule has 10 N–H and O–H groups in total. The highest BCUT2D eigenvalue weighted by molar-refractivity contribution is 7.80.